The van der Waals surface area contributed by atoms with Crippen molar-refractivity contribution in [1.82, 2.24) is 9.78 Å². The first-order chi connectivity index (χ1) is 8.45. The van der Waals surface area contributed by atoms with E-state index < -0.39 is 22.8 Å². The number of carbonyl (C=O) groups is 1. The van der Waals surface area contributed by atoms with E-state index in [1.54, 1.807) is 6.92 Å². The van der Waals surface area contributed by atoms with Gasteiger partial charge in [0.1, 0.15) is 0 Å². The Hall–Kier alpha value is -2.57. The topological polar surface area (TPSA) is 118 Å². The molecule has 18 heavy (non-hydrogen) atoms. The Labute approximate surface area is 101 Å². The molecule has 0 saturated heterocycles. The van der Waals surface area contributed by atoms with E-state index in [4.69, 9.17) is 5.73 Å². The summed E-state index contributed by atoms with van der Waals surface area (Å²) < 4.78 is 1.36. The summed E-state index contributed by atoms with van der Waals surface area (Å²) in [5, 5.41) is 22.7. The molecule has 94 valence electrons. The number of aromatic hydroxyl groups is 2. The van der Waals surface area contributed by atoms with Gasteiger partial charge < -0.3 is 15.9 Å². The highest BCUT2D eigenvalue weighted by Gasteiger charge is 2.16. The van der Waals surface area contributed by atoms with Gasteiger partial charge in [-0.2, -0.15) is 5.10 Å². The number of benzene rings is 1. The predicted molar refractivity (Wildman–Crippen MR) is 63.5 cm³/mol. The zero-order chi connectivity index (χ0) is 13.4. The molecule has 1 aromatic heterocycles. The standard InChI is InChI=1S/C11H11N3O4/c1-2-14-6-4-8(16)7(15)3-5(6)10(17)9(13-14)11(12)18/h3-4,15-16H,2H2,1H3,(H2,12,18). The van der Waals surface area contributed by atoms with Gasteiger partial charge in [-0.3, -0.25) is 14.3 Å². The minimum absolute atomic E-state index is 0.0796. The fourth-order valence-electron chi connectivity index (χ4n) is 1.71. The van der Waals surface area contributed by atoms with Crippen molar-refractivity contribution in [2.75, 3.05) is 0 Å². The number of amides is 1. The van der Waals surface area contributed by atoms with Crippen LogP contribution in [0.1, 0.15) is 17.4 Å². The minimum atomic E-state index is -0.934. The first kappa shape index (κ1) is 11.9. The smallest absolute Gasteiger partial charge is 0.273 e. The second-order valence-corrected chi connectivity index (χ2v) is 3.72. The molecule has 7 nitrogen and oxygen atoms in total. The number of nitrogens with zero attached hydrogens (tertiary/aromatic N) is 2. The molecule has 0 aliphatic carbocycles. The molecule has 0 spiro atoms. The van der Waals surface area contributed by atoms with Crippen LogP contribution in [0, 0.1) is 0 Å². The van der Waals surface area contributed by atoms with E-state index >= 15 is 0 Å². The fourth-order valence-corrected chi connectivity index (χ4v) is 1.71. The van der Waals surface area contributed by atoms with Crippen molar-refractivity contribution >= 4 is 16.8 Å². The van der Waals surface area contributed by atoms with E-state index in [0.29, 0.717) is 12.1 Å². The van der Waals surface area contributed by atoms with Gasteiger partial charge in [-0.1, -0.05) is 0 Å². The van der Waals surface area contributed by atoms with Gasteiger partial charge in [-0.25, -0.2) is 0 Å². The maximum absolute atomic E-state index is 11.9. The highest BCUT2D eigenvalue weighted by Crippen LogP contribution is 2.28. The Kier molecular flexibility index (Phi) is 2.66. The molecule has 0 aliphatic rings. The van der Waals surface area contributed by atoms with Crippen LogP contribution >= 0.6 is 0 Å². The third-order valence-electron chi connectivity index (χ3n) is 2.58. The number of carbonyl (C=O) groups excluding carboxylic acids is 1. The molecule has 0 fully saturated rings. The van der Waals surface area contributed by atoms with Gasteiger partial charge in [-0.15, -0.1) is 0 Å². The number of rotatable bonds is 2. The summed E-state index contributed by atoms with van der Waals surface area (Å²) in [6, 6.07) is 2.31. The van der Waals surface area contributed by atoms with E-state index in [0.717, 1.165) is 6.07 Å². The van der Waals surface area contributed by atoms with E-state index in [2.05, 4.69) is 5.10 Å². The van der Waals surface area contributed by atoms with Gasteiger partial charge in [0, 0.05) is 12.6 Å². The molecule has 0 atom stereocenters. The van der Waals surface area contributed by atoms with Crippen LogP contribution in [0.4, 0.5) is 0 Å². The number of fused-ring (bicyclic) bond motifs is 1. The molecular formula is C11H11N3O4. The third-order valence-corrected chi connectivity index (χ3v) is 2.58. The number of phenols is 2. The fraction of sp³-hybridized carbons (Fsp3) is 0.182. The SMILES string of the molecule is CCn1nc(C(N)=O)c(=O)c2cc(O)c(O)cc21. The summed E-state index contributed by atoms with van der Waals surface area (Å²) in [5.41, 5.74) is 4.33. The Bertz CT molecular complexity index is 705. The first-order valence-electron chi connectivity index (χ1n) is 5.22. The number of hydrogen-bond donors (Lipinski definition) is 3. The van der Waals surface area contributed by atoms with Crippen LogP contribution in [0.5, 0.6) is 11.5 Å². The highest BCUT2D eigenvalue weighted by molar-refractivity contribution is 5.94. The van der Waals surface area contributed by atoms with Crippen LogP contribution < -0.4 is 11.2 Å². The number of phenolic OH excluding ortho intramolecular Hbond substituents is 2. The number of hydrogen-bond acceptors (Lipinski definition) is 5. The lowest BCUT2D eigenvalue weighted by Gasteiger charge is -2.09. The summed E-state index contributed by atoms with van der Waals surface area (Å²) in [4.78, 5) is 23.1. The van der Waals surface area contributed by atoms with Crippen LogP contribution in [-0.4, -0.2) is 25.9 Å². The van der Waals surface area contributed by atoms with Crippen molar-refractivity contribution in [1.29, 1.82) is 0 Å². The molecule has 0 unspecified atom stereocenters. The summed E-state index contributed by atoms with van der Waals surface area (Å²) in [5.74, 6) is -1.74. The summed E-state index contributed by atoms with van der Waals surface area (Å²) in [6.07, 6.45) is 0. The van der Waals surface area contributed by atoms with Crippen molar-refractivity contribution in [3.05, 3.63) is 28.0 Å². The quantitative estimate of drug-likeness (QED) is 0.643. The van der Waals surface area contributed by atoms with Gasteiger partial charge >= 0.3 is 0 Å². The maximum atomic E-state index is 11.9. The number of aryl methyl sites for hydroxylation is 1. The largest absolute Gasteiger partial charge is 0.504 e. The predicted octanol–water partition coefficient (Wildman–Crippen LogP) is -0.0735. The van der Waals surface area contributed by atoms with Gasteiger partial charge in [0.15, 0.2) is 17.2 Å². The molecular weight excluding hydrogens is 238 g/mol. The highest BCUT2D eigenvalue weighted by atomic mass is 16.3. The van der Waals surface area contributed by atoms with Crippen molar-refractivity contribution in [2.24, 2.45) is 5.73 Å². The summed E-state index contributed by atoms with van der Waals surface area (Å²) in [7, 11) is 0. The molecule has 2 aromatic rings. The van der Waals surface area contributed by atoms with Crippen molar-refractivity contribution in [3.63, 3.8) is 0 Å². The molecule has 4 N–H and O–H groups in total. The lowest BCUT2D eigenvalue weighted by Crippen LogP contribution is -2.27. The second kappa shape index (κ2) is 4.02. The average molecular weight is 249 g/mol. The molecule has 0 saturated carbocycles. The normalized spacial score (nSPS) is 10.7. The lowest BCUT2D eigenvalue weighted by molar-refractivity contribution is 0.0992. The maximum Gasteiger partial charge on any atom is 0.273 e. The van der Waals surface area contributed by atoms with Crippen LogP contribution in [0.2, 0.25) is 0 Å². The van der Waals surface area contributed by atoms with E-state index in [1.807, 2.05) is 0 Å². The Morgan fingerprint density at radius 3 is 2.56 bits per heavy atom. The van der Waals surface area contributed by atoms with Crippen molar-refractivity contribution in [3.8, 4) is 11.5 Å². The summed E-state index contributed by atoms with van der Waals surface area (Å²) in [6.45, 7) is 2.13. The first-order valence-corrected chi connectivity index (χ1v) is 5.22. The number of primary amides is 1. The van der Waals surface area contributed by atoms with Crippen LogP contribution in [0.15, 0.2) is 16.9 Å². The number of aromatic nitrogens is 2. The van der Waals surface area contributed by atoms with Gasteiger partial charge in [-0.05, 0) is 13.0 Å². The molecule has 7 heteroatoms. The van der Waals surface area contributed by atoms with E-state index in [1.165, 1.54) is 10.7 Å². The number of nitrogens with two attached hydrogens (primary N) is 1. The molecule has 1 heterocycles. The monoisotopic (exact) mass is 249 g/mol. The van der Waals surface area contributed by atoms with Crippen LogP contribution in [-0.2, 0) is 6.54 Å². The zero-order valence-corrected chi connectivity index (χ0v) is 9.54. The Morgan fingerprint density at radius 1 is 1.39 bits per heavy atom. The molecule has 0 aliphatic heterocycles. The van der Waals surface area contributed by atoms with E-state index in [9.17, 15) is 19.8 Å². The lowest BCUT2D eigenvalue weighted by atomic mass is 10.1. The zero-order valence-electron chi connectivity index (χ0n) is 9.54. The molecule has 0 radical (unpaired) electrons. The van der Waals surface area contributed by atoms with E-state index in [-0.39, 0.29) is 11.1 Å². The summed E-state index contributed by atoms with van der Waals surface area (Å²) >= 11 is 0. The molecule has 0 bridgehead atoms. The molecule has 1 aromatic carbocycles. The van der Waals surface area contributed by atoms with Gasteiger partial charge in [0.25, 0.3) is 5.91 Å². The second-order valence-electron chi connectivity index (χ2n) is 3.72. The third kappa shape index (κ3) is 1.65. The van der Waals surface area contributed by atoms with Crippen LogP contribution in [0.25, 0.3) is 10.9 Å². The van der Waals surface area contributed by atoms with Crippen molar-refractivity contribution < 1.29 is 15.0 Å². The van der Waals surface area contributed by atoms with Gasteiger partial charge in [0.05, 0.1) is 10.9 Å². The average Bonchev–Trinajstić information content (AvgIpc) is 2.32. The Balaban J connectivity index is 2.99. The molecule has 2 rings (SSSR count). The van der Waals surface area contributed by atoms with Gasteiger partial charge in [0.2, 0.25) is 5.43 Å². The van der Waals surface area contributed by atoms with Crippen molar-refractivity contribution in [2.45, 2.75) is 13.5 Å². The Morgan fingerprint density at radius 2 is 2.00 bits per heavy atom. The minimum Gasteiger partial charge on any atom is -0.504 e. The van der Waals surface area contributed by atoms with Crippen LogP contribution in [0.3, 0.4) is 0 Å². The molecule has 1 amide bonds.